The van der Waals surface area contributed by atoms with E-state index in [1.807, 2.05) is 6.92 Å². The number of carbonyl (C=O) groups is 2. The van der Waals surface area contributed by atoms with Gasteiger partial charge in [-0.2, -0.15) is 0 Å². The van der Waals surface area contributed by atoms with Crippen LogP contribution in [0.5, 0.6) is 0 Å². The van der Waals surface area contributed by atoms with Gasteiger partial charge in [0.15, 0.2) is 0 Å². The second-order valence-electron chi connectivity index (χ2n) is 5.97. The highest BCUT2D eigenvalue weighted by molar-refractivity contribution is 5.90. The third-order valence-electron chi connectivity index (χ3n) is 5.13. The average molecular weight is 254 g/mol. The number of carboxylic acid groups (broad SMARTS) is 1. The van der Waals surface area contributed by atoms with Gasteiger partial charge in [-0.15, -0.1) is 0 Å². The molecule has 5 atom stereocenters. The van der Waals surface area contributed by atoms with Crippen molar-refractivity contribution >= 4 is 11.9 Å². The minimum Gasteiger partial charge on any atom is -0.481 e. The van der Waals surface area contributed by atoms with Crippen molar-refractivity contribution in [1.82, 2.24) is 0 Å². The Morgan fingerprint density at radius 3 is 2.72 bits per heavy atom. The van der Waals surface area contributed by atoms with Crippen LogP contribution >= 0.6 is 0 Å². The second kappa shape index (κ2) is 3.47. The van der Waals surface area contributed by atoms with E-state index in [0.29, 0.717) is 12.0 Å². The van der Waals surface area contributed by atoms with Crippen LogP contribution in [0.25, 0.3) is 0 Å². The summed E-state index contributed by atoms with van der Waals surface area (Å²) in [5.41, 5.74) is -0.660. The van der Waals surface area contributed by atoms with Crippen LogP contribution in [0.3, 0.4) is 0 Å². The molecule has 1 aliphatic heterocycles. The third kappa shape index (κ3) is 1.37. The molecular weight excluding hydrogens is 236 g/mol. The lowest BCUT2D eigenvalue weighted by atomic mass is 9.70. The van der Waals surface area contributed by atoms with E-state index in [0.717, 1.165) is 19.3 Å². The number of carboxylic acids is 1. The molecule has 0 radical (unpaired) electrons. The molecule has 2 aliphatic carbocycles. The summed E-state index contributed by atoms with van der Waals surface area (Å²) in [6, 6.07) is 0. The zero-order valence-electron chi connectivity index (χ0n) is 10.6. The number of hydrogen-bond acceptors (Lipinski definition) is 4. The van der Waals surface area contributed by atoms with Gasteiger partial charge in [-0.25, -0.2) is 0 Å². The topological polar surface area (TPSA) is 76.1 Å². The Kier molecular flexibility index (Phi) is 2.31. The van der Waals surface area contributed by atoms with Gasteiger partial charge in [-0.05, 0) is 32.1 Å². The summed E-state index contributed by atoms with van der Waals surface area (Å²) in [6.45, 7) is 4.03. The predicted molar refractivity (Wildman–Crippen MR) is 60.9 cm³/mol. The lowest BCUT2D eigenvalue weighted by molar-refractivity contribution is -0.175. The minimum absolute atomic E-state index is 0.101. The van der Waals surface area contributed by atoms with Gasteiger partial charge in [0.25, 0.3) is 0 Å². The van der Waals surface area contributed by atoms with E-state index in [-0.39, 0.29) is 11.5 Å². The van der Waals surface area contributed by atoms with Crippen molar-refractivity contribution in [1.29, 1.82) is 0 Å². The molecule has 0 amide bonds. The quantitative estimate of drug-likeness (QED) is 0.465. The minimum atomic E-state index is -1.14. The molecule has 5 nitrogen and oxygen atoms in total. The molecule has 1 N–H and O–H groups in total. The summed E-state index contributed by atoms with van der Waals surface area (Å²) in [5, 5.41) is 8.63. The Hall–Kier alpha value is -1.10. The van der Waals surface area contributed by atoms with Gasteiger partial charge in [-0.1, -0.05) is 6.92 Å². The molecule has 1 heterocycles. The maximum atomic E-state index is 11.6. The second-order valence-corrected chi connectivity index (χ2v) is 5.97. The molecule has 3 rings (SSSR count). The number of aliphatic carboxylic acids is 1. The van der Waals surface area contributed by atoms with Gasteiger partial charge in [-0.3, -0.25) is 9.59 Å². The summed E-state index contributed by atoms with van der Waals surface area (Å²) < 4.78 is 11.2. The Morgan fingerprint density at radius 2 is 2.17 bits per heavy atom. The maximum Gasteiger partial charge on any atom is 0.317 e. The zero-order chi connectivity index (χ0) is 13.1. The van der Waals surface area contributed by atoms with Crippen molar-refractivity contribution in [3.05, 3.63) is 0 Å². The molecule has 0 aromatic heterocycles. The number of fused-ring (bicyclic) bond motifs is 5. The highest BCUT2D eigenvalue weighted by Gasteiger charge is 2.76. The first kappa shape index (κ1) is 12.0. The Bertz CT molecular complexity index is 420. The van der Waals surface area contributed by atoms with Crippen molar-refractivity contribution < 1.29 is 24.2 Å². The number of rotatable bonds is 4. The summed E-state index contributed by atoms with van der Waals surface area (Å²) >= 11 is 0. The van der Waals surface area contributed by atoms with Gasteiger partial charge < -0.3 is 14.6 Å². The molecule has 1 saturated heterocycles. The van der Waals surface area contributed by atoms with E-state index in [1.165, 1.54) is 0 Å². The van der Waals surface area contributed by atoms with Gasteiger partial charge in [0.1, 0.15) is 12.0 Å². The van der Waals surface area contributed by atoms with E-state index >= 15 is 0 Å². The molecule has 100 valence electrons. The largest absolute Gasteiger partial charge is 0.481 e. The van der Waals surface area contributed by atoms with Crippen molar-refractivity contribution in [2.24, 2.45) is 11.3 Å². The standard InChI is InChI=1S/C13H18O5/c1-3-13-6-7(10-11(13)17-10)5-12(13,2)18-9(16)4-8(14)15/h7,10-11H,3-6H2,1-2H3,(H,14,15). The lowest BCUT2D eigenvalue weighted by Gasteiger charge is -2.42. The third-order valence-corrected chi connectivity index (χ3v) is 5.13. The van der Waals surface area contributed by atoms with Gasteiger partial charge in [0.2, 0.25) is 0 Å². The van der Waals surface area contributed by atoms with E-state index < -0.39 is 24.0 Å². The summed E-state index contributed by atoms with van der Waals surface area (Å²) in [5.74, 6) is -1.31. The summed E-state index contributed by atoms with van der Waals surface area (Å²) in [6.07, 6.45) is 2.75. The van der Waals surface area contributed by atoms with Crippen molar-refractivity contribution in [2.75, 3.05) is 0 Å². The molecule has 2 saturated carbocycles. The van der Waals surface area contributed by atoms with Crippen molar-refractivity contribution in [3.8, 4) is 0 Å². The van der Waals surface area contributed by atoms with Crippen LogP contribution in [-0.4, -0.2) is 34.9 Å². The van der Waals surface area contributed by atoms with E-state index in [9.17, 15) is 9.59 Å². The van der Waals surface area contributed by atoms with Gasteiger partial charge >= 0.3 is 11.9 Å². The van der Waals surface area contributed by atoms with Crippen LogP contribution in [0.1, 0.15) is 39.5 Å². The summed E-state index contributed by atoms with van der Waals surface area (Å²) in [4.78, 5) is 22.2. The van der Waals surface area contributed by atoms with Gasteiger partial charge in [0.05, 0.1) is 12.2 Å². The van der Waals surface area contributed by atoms with E-state index in [2.05, 4.69) is 6.92 Å². The molecule has 3 aliphatic rings. The van der Waals surface area contributed by atoms with Crippen LogP contribution in [0, 0.1) is 11.3 Å². The van der Waals surface area contributed by atoms with Crippen LogP contribution in [0.4, 0.5) is 0 Å². The van der Waals surface area contributed by atoms with Crippen LogP contribution in [0.2, 0.25) is 0 Å². The fraction of sp³-hybridized carbons (Fsp3) is 0.846. The average Bonchev–Trinajstić information content (AvgIpc) is 2.92. The monoisotopic (exact) mass is 254 g/mol. The number of esters is 1. The Morgan fingerprint density at radius 1 is 1.44 bits per heavy atom. The smallest absolute Gasteiger partial charge is 0.317 e. The normalized spacial score (nSPS) is 47.8. The van der Waals surface area contributed by atoms with Gasteiger partial charge in [0, 0.05) is 5.41 Å². The molecule has 5 heteroatoms. The number of hydrogen-bond donors (Lipinski definition) is 1. The molecule has 0 aromatic rings. The number of epoxide rings is 1. The highest BCUT2D eigenvalue weighted by atomic mass is 16.6. The first-order chi connectivity index (χ1) is 8.42. The van der Waals surface area contributed by atoms with E-state index in [1.54, 1.807) is 0 Å². The van der Waals surface area contributed by atoms with Crippen LogP contribution < -0.4 is 0 Å². The highest BCUT2D eigenvalue weighted by Crippen LogP contribution is 2.70. The van der Waals surface area contributed by atoms with Crippen molar-refractivity contribution in [3.63, 3.8) is 0 Å². The lowest BCUT2D eigenvalue weighted by Crippen LogP contribution is -2.49. The maximum absolute atomic E-state index is 11.6. The Labute approximate surface area is 105 Å². The fourth-order valence-electron chi connectivity index (χ4n) is 4.31. The molecule has 0 aromatic carbocycles. The molecule has 0 spiro atoms. The first-order valence-electron chi connectivity index (χ1n) is 6.51. The molecule has 18 heavy (non-hydrogen) atoms. The number of carbonyl (C=O) groups excluding carboxylic acids is 1. The van der Waals surface area contributed by atoms with Crippen LogP contribution in [-0.2, 0) is 19.1 Å². The first-order valence-corrected chi connectivity index (χ1v) is 6.51. The molecule has 5 unspecified atom stereocenters. The number of ether oxygens (including phenoxy) is 2. The zero-order valence-corrected chi connectivity index (χ0v) is 10.6. The Balaban J connectivity index is 1.78. The predicted octanol–water partition coefficient (Wildman–Crippen LogP) is 1.35. The molecular formula is C13H18O5. The SMILES string of the molecule is CCC12CC(CC1(C)OC(=O)CC(=O)O)C1OC12. The van der Waals surface area contributed by atoms with Crippen molar-refractivity contribution in [2.45, 2.75) is 57.3 Å². The van der Waals surface area contributed by atoms with Crippen LogP contribution in [0.15, 0.2) is 0 Å². The van der Waals surface area contributed by atoms with E-state index in [4.69, 9.17) is 14.6 Å². The summed E-state index contributed by atoms with van der Waals surface area (Å²) in [7, 11) is 0. The fourth-order valence-corrected chi connectivity index (χ4v) is 4.31. The molecule has 2 bridgehead atoms. The molecule has 3 fully saturated rings.